The van der Waals surface area contributed by atoms with Gasteiger partial charge in [-0.2, -0.15) is 0 Å². The second-order valence-corrected chi connectivity index (χ2v) is 4.69. The first kappa shape index (κ1) is 12.7. The summed E-state index contributed by atoms with van der Waals surface area (Å²) < 4.78 is 14.2. The molecule has 92 valence electrons. The van der Waals surface area contributed by atoms with Gasteiger partial charge < -0.3 is 5.73 Å². The van der Waals surface area contributed by atoms with Crippen LogP contribution in [0.3, 0.4) is 0 Å². The molecule has 0 atom stereocenters. The van der Waals surface area contributed by atoms with E-state index >= 15 is 0 Å². The lowest BCUT2D eigenvalue weighted by Gasteiger charge is -2.05. The molecule has 0 saturated heterocycles. The number of carbonyl (C=O) groups excluding carboxylic acids is 1. The van der Waals surface area contributed by atoms with E-state index in [9.17, 15) is 9.18 Å². The van der Waals surface area contributed by atoms with Gasteiger partial charge in [-0.15, -0.1) is 0 Å². The van der Waals surface area contributed by atoms with Crippen molar-refractivity contribution in [1.29, 1.82) is 0 Å². The van der Waals surface area contributed by atoms with Gasteiger partial charge in [0.1, 0.15) is 11.5 Å². The molecule has 0 radical (unpaired) electrons. The summed E-state index contributed by atoms with van der Waals surface area (Å²) in [6.07, 6.45) is 1.42. The van der Waals surface area contributed by atoms with Gasteiger partial charge >= 0.3 is 0 Å². The zero-order valence-electron chi connectivity index (χ0n) is 9.36. The van der Waals surface area contributed by atoms with Crippen LogP contribution in [0.2, 0.25) is 0 Å². The summed E-state index contributed by atoms with van der Waals surface area (Å²) in [5.41, 5.74) is 6.46. The van der Waals surface area contributed by atoms with Crippen molar-refractivity contribution >= 4 is 27.4 Å². The van der Waals surface area contributed by atoms with Crippen LogP contribution in [0.1, 0.15) is 16.1 Å². The average Bonchev–Trinajstić information content (AvgIpc) is 2.34. The Kier molecular flexibility index (Phi) is 3.72. The maximum Gasteiger partial charge on any atom is 0.187 e. The number of carbonyl (C=O) groups is 1. The standard InChI is InChI=1S/C13H10BrFN2O/c14-9-3-4-10(15)8(6-9)7-12(18)13-11(16)2-1-5-17-13/h1-6H,7,16H2. The van der Waals surface area contributed by atoms with Crippen LogP contribution in [0.15, 0.2) is 41.0 Å². The quantitative estimate of drug-likeness (QED) is 0.887. The van der Waals surface area contributed by atoms with Crippen molar-refractivity contribution in [3.8, 4) is 0 Å². The van der Waals surface area contributed by atoms with Crippen LogP contribution in [0.25, 0.3) is 0 Å². The first-order chi connectivity index (χ1) is 8.58. The lowest BCUT2D eigenvalue weighted by atomic mass is 10.1. The molecule has 0 bridgehead atoms. The largest absolute Gasteiger partial charge is 0.397 e. The molecule has 1 heterocycles. The van der Waals surface area contributed by atoms with E-state index in [2.05, 4.69) is 20.9 Å². The first-order valence-corrected chi connectivity index (χ1v) is 6.05. The minimum atomic E-state index is -0.416. The van der Waals surface area contributed by atoms with Crippen molar-refractivity contribution in [3.05, 3.63) is 58.1 Å². The van der Waals surface area contributed by atoms with Gasteiger partial charge in [-0.25, -0.2) is 4.39 Å². The van der Waals surface area contributed by atoms with Crippen molar-refractivity contribution < 1.29 is 9.18 Å². The number of nitrogen functional groups attached to an aromatic ring is 1. The number of halogens is 2. The average molecular weight is 309 g/mol. The van der Waals surface area contributed by atoms with Gasteiger partial charge in [0, 0.05) is 17.1 Å². The van der Waals surface area contributed by atoms with Gasteiger partial charge in [0.05, 0.1) is 5.69 Å². The maximum absolute atomic E-state index is 13.5. The Morgan fingerprint density at radius 1 is 1.39 bits per heavy atom. The predicted octanol–water partition coefficient (Wildman–Crippen LogP) is 2.99. The van der Waals surface area contributed by atoms with Gasteiger partial charge in [0.15, 0.2) is 5.78 Å². The van der Waals surface area contributed by atoms with E-state index in [4.69, 9.17) is 5.73 Å². The van der Waals surface area contributed by atoms with Gasteiger partial charge in [-0.1, -0.05) is 15.9 Å². The zero-order valence-corrected chi connectivity index (χ0v) is 10.9. The normalized spacial score (nSPS) is 10.3. The highest BCUT2D eigenvalue weighted by atomic mass is 79.9. The van der Waals surface area contributed by atoms with Gasteiger partial charge in [-0.05, 0) is 35.9 Å². The molecule has 0 saturated carbocycles. The monoisotopic (exact) mass is 308 g/mol. The fraction of sp³-hybridized carbons (Fsp3) is 0.0769. The number of ketones is 1. The SMILES string of the molecule is Nc1cccnc1C(=O)Cc1cc(Br)ccc1F. The highest BCUT2D eigenvalue weighted by Gasteiger charge is 2.14. The number of pyridine rings is 1. The lowest BCUT2D eigenvalue weighted by Crippen LogP contribution is -2.10. The van der Waals surface area contributed by atoms with E-state index in [0.29, 0.717) is 11.3 Å². The molecule has 2 rings (SSSR count). The minimum Gasteiger partial charge on any atom is -0.397 e. The Morgan fingerprint density at radius 3 is 2.89 bits per heavy atom. The van der Waals surface area contributed by atoms with Crippen LogP contribution < -0.4 is 5.73 Å². The third kappa shape index (κ3) is 2.73. The molecule has 18 heavy (non-hydrogen) atoms. The predicted molar refractivity (Wildman–Crippen MR) is 70.8 cm³/mol. The van der Waals surface area contributed by atoms with Crippen molar-refractivity contribution in [2.75, 3.05) is 5.73 Å². The van der Waals surface area contributed by atoms with Crippen LogP contribution in [0.5, 0.6) is 0 Å². The molecule has 0 aliphatic heterocycles. The molecule has 1 aromatic carbocycles. The Labute approximate surface area is 112 Å². The number of Topliss-reactive ketones (excluding diaryl/α,β-unsaturated/α-hetero) is 1. The second kappa shape index (κ2) is 5.27. The number of nitrogens with two attached hydrogens (primary N) is 1. The Morgan fingerprint density at radius 2 is 2.17 bits per heavy atom. The number of rotatable bonds is 3. The molecule has 3 nitrogen and oxygen atoms in total. The molecule has 0 aliphatic rings. The fourth-order valence-electron chi connectivity index (χ4n) is 1.59. The molecular formula is C13H10BrFN2O. The first-order valence-electron chi connectivity index (χ1n) is 5.25. The second-order valence-electron chi connectivity index (χ2n) is 3.78. The van der Waals surface area contributed by atoms with Gasteiger partial charge in [0.25, 0.3) is 0 Å². The fourth-order valence-corrected chi connectivity index (χ4v) is 1.99. The molecule has 0 amide bonds. The van der Waals surface area contributed by atoms with Crippen LogP contribution in [-0.2, 0) is 6.42 Å². The molecule has 0 fully saturated rings. The van der Waals surface area contributed by atoms with Crippen LogP contribution in [0.4, 0.5) is 10.1 Å². The Hall–Kier alpha value is -1.75. The molecule has 0 unspecified atom stereocenters. The van der Waals surface area contributed by atoms with Crippen LogP contribution in [0, 0.1) is 5.82 Å². The summed E-state index contributed by atoms with van der Waals surface area (Å²) in [7, 11) is 0. The van der Waals surface area contributed by atoms with Gasteiger partial charge in [0.2, 0.25) is 0 Å². The maximum atomic E-state index is 13.5. The van der Waals surface area contributed by atoms with Crippen LogP contribution >= 0.6 is 15.9 Å². The number of aromatic nitrogens is 1. The number of nitrogens with zero attached hydrogens (tertiary/aromatic N) is 1. The van der Waals surface area contributed by atoms with E-state index in [1.54, 1.807) is 24.3 Å². The van der Waals surface area contributed by atoms with E-state index in [-0.39, 0.29) is 17.9 Å². The van der Waals surface area contributed by atoms with E-state index in [1.165, 1.54) is 12.3 Å². The Bertz CT molecular complexity index is 601. The summed E-state index contributed by atoms with van der Waals surface area (Å²) in [5.74, 6) is -0.717. The molecule has 5 heteroatoms. The number of anilines is 1. The topological polar surface area (TPSA) is 56.0 Å². The summed E-state index contributed by atoms with van der Waals surface area (Å²) in [6, 6.07) is 7.71. The lowest BCUT2D eigenvalue weighted by molar-refractivity contribution is 0.0988. The number of hydrogen-bond acceptors (Lipinski definition) is 3. The summed E-state index contributed by atoms with van der Waals surface area (Å²) >= 11 is 3.24. The Balaban J connectivity index is 2.27. The summed E-state index contributed by atoms with van der Waals surface area (Å²) in [6.45, 7) is 0. The van der Waals surface area contributed by atoms with E-state index in [1.807, 2.05) is 0 Å². The van der Waals surface area contributed by atoms with Crippen molar-refractivity contribution in [1.82, 2.24) is 4.98 Å². The molecule has 1 aromatic heterocycles. The third-order valence-electron chi connectivity index (χ3n) is 2.46. The smallest absolute Gasteiger partial charge is 0.187 e. The van der Waals surface area contributed by atoms with E-state index in [0.717, 1.165) is 4.47 Å². The summed E-state index contributed by atoms with van der Waals surface area (Å²) in [4.78, 5) is 15.9. The minimum absolute atomic E-state index is 0.0630. The molecule has 0 aliphatic carbocycles. The molecule has 0 spiro atoms. The zero-order chi connectivity index (χ0) is 13.1. The number of benzene rings is 1. The van der Waals surface area contributed by atoms with Crippen molar-refractivity contribution in [2.24, 2.45) is 0 Å². The molecule has 2 N–H and O–H groups in total. The van der Waals surface area contributed by atoms with E-state index < -0.39 is 5.82 Å². The number of hydrogen-bond donors (Lipinski definition) is 1. The summed E-state index contributed by atoms with van der Waals surface area (Å²) in [5, 5.41) is 0. The van der Waals surface area contributed by atoms with Crippen molar-refractivity contribution in [3.63, 3.8) is 0 Å². The highest BCUT2D eigenvalue weighted by molar-refractivity contribution is 9.10. The van der Waals surface area contributed by atoms with Crippen LogP contribution in [-0.4, -0.2) is 10.8 Å². The third-order valence-corrected chi connectivity index (χ3v) is 2.96. The highest BCUT2D eigenvalue weighted by Crippen LogP contribution is 2.18. The molecular weight excluding hydrogens is 299 g/mol. The molecule has 2 aromatic rings. The van der Waals surface area contributed by atoms with Crippen molar-refractivity contribution in [2.45, 2.75) is 6.42 Å². The van der Waals surface area contributed by atoms with Gasteiger partial charge in [-0.3, -0.25) is 9.78 Å².